The molecule has 0 saturated carbocycles. The lowest BCUT2D eigenvalue weighted by Crippen LogP contribution is -2.41. The molecule has 3 rings (SSSR count). The van der Waals surface area contributed by atoms with E-state index in [2.05, 4.69) is 16.5 Å². The van der Waals surface area contributed by atoms with Crippen LogP contribution < -0.4 is 30.9 Å². The maximum atomic E-state index is 12.1. The van der Waals surface area contributed by atoms with Crippen molar-refractivity contribution in [2.24, 2.45) is 0 Å². The molecule has 2 aromatic carbocycles. The van der Waals surface area contributed by atoms with Crippen molar-refractivity contribution in [1.29, 1.82) is 0 Å². The minimum atomic E-state index is -0.728. The number of benzene rings is 2. The van der Waals surface area contributed by atoms with Gasteiger partial charge in [-0.05, 0) is 12.1 Å². The second-order valence-electron chi connectivity index (χ2n) is 4.71. The number of rotatable bonds is 3. The maximum Gasteiger partial charge on any atom is 0.273 e. The van der Waals surface area contributed by atoms with Crippen molar-refractivity contribution in [3.8, 4) is 23.0 Å². The predicted molar refractivity (Wildman–Crippen MR) is 80.4 cm³/mol. The zero-order valence-electron chi connectivity index (χ0n) is 12.5. The van der Waals surface area contributed by atoms with Crippen LogP contribution >= 0.6 is 0 Å². The zero-order chi connectivity index (χ0) is 17.1. The molecule has 1 aliphatic heterocycles. The molecule has 0 atom stereocenters. The Bertz CT molecular complexity index is 808. The van der Waals surface area contributed by atoms with Crippen LogP contribution in [-0.4, -0.2) is 24.0 Å². The quantitative estimate of drug-likeness (QED) is 0.610. The van der Waals surface area contributed by atoms with Gasteiger partial charge in [0.1, 0.15) is 11.5 Å². The van der Waals surface area contributed by atoms with Crippen LogP contribution in [0.25, 0.3) is 0 Å². The van der Waals surface area contributed by atoms with Gasteiger partial charge in [-0.3, -0.25) is 20.4 Å². The Morgan fingerprint density at radius 1 is 1.04 bits per heavy atom. The van der Waals surface area contributed by atoms with Gasteiger partial charge in [0.05, 0.1) is 18.2 Å². The third-order valence-corrected chi connectivity index (χ3v) is 3.25. The van der Waals surface area contributed by atoms with Gasteiger partial charge in [-0.1, -0.05) is 12.1 Å². The number of methoxy groups -OCH3 is 1. The summed E-state index contributed by atoms with van der Waals surface area (Å²) in [5.41, 5.74) is 6.75. The van der Waals surface area contributed by atoms with E-state index in [-0.39, 0.29) is 28.4 Å². The van der Waals surface area contributed by atoms with Crippen molar-refractivity contribution in [2.75, 3.05) is 7.11 Å². The number of hydrazine groups is 1. The zero-order valence-corrected chi connectivity index (χ0v) is 12.5. The van der Waals surface area contributed by atoms with Crippen LogP contribution in [0, 0.1) is 0 Å². The van der Waals surface area contributed by atoms with Crippen LogP contribution in [0.4, 0.5) is 0 Å². The first-order chi connectivity index (χ1) is 11.6. The molecule has 4 N–H and O–H groups in total. The molecule has 2 amide bonds. The van der Waals surface area contributed by atoms with E-state index in [1.54, 1.807) is 24.3 Å². The molecule has 0 aliphatic carbocycles. The highest BCUT2D eigenvalue weighted by Crippen LogP contribution is 2.36. The van der Waals surface area contributed by atoms with Crippen molar-refractivity contribution in [3.63, 3.8) is 0 Å². The number of phenols is 1. The minimum Gasteiger partial charge on any atom is -0.507 e. The molecule has 9 nitrogen and oxygen atoms in total. The molecule has 1 heterocycles. The van der Waals surface area contributed by atoms with E-state index in [0.717, 1.165) is 0 Å². The maximum absolute atomic E-state index is 12.1. The summed E-state index contributed by atoms with van der Waals surface area (Å²) < 4.78 is 5.08. The lowest BCUT2D eigenvalue weighted by Gasteiger charge is -2.11. The molecule has 0 saturated heterocycles. The van der Waals surface area contributed by atoms with Gasteiger partial charge in [-0.2, -0.15) is 0 Å². The highest BCUT2D eigenvalue weighted by Gasteiger charge is 2.22. The van der Waals surface area contributed by atoms with E-state index in [1.807, 2.05) is 0 Å². The largest absolute Gasteiger partial charge is 0.507 e. The second kappa shape index (κ2) is 6.34. The van der Waals surface area contributed by atoms with E-state index in [1.165, 1.54) is 19.2 Å². The minimum absolute atomic E-state index is 0.0959. The van der Waals surface area contributed by atoms with Crippen molar-refractivity contribution >= 4 is 11.8 Å². The van der Waals surface area contributed by atoms with Crippen LogP contribution in [-0.2, 0) is 0 Å². The number of aromatic hydroxyl groups is 1. The van der Waals surface area contributed by atoms with Crippen LogP contribution in [0.5, 0.6) is 23.0 Å². The van der Waals surface area contributed by atoms with Crippen molar-refractivity contribution in [3.05, 3.63) is 47.5 Å². The number of nitrogens with one attached hydrogen (secondary N) is 3. The van der Waals surface area contributed by atoms with Gasteiger partial charge >= 0.3 is 0 Å². The molecule has 0 unspecified atom stereocenters. The Balaban J connectivity index is 1.71. The first-order valence-electron chi connectivity index (χ1n) is 6.79. The van der Waals surface area contributed by atoms with Crippen LogP contribution in [0.1, 0.15) is 20.7 Å². The van der Waals surface area contributed by atoms with Crippen molar-refractivity contribution in [1.82, 2.24) is 16.5 Å². The highest BCUT2D eigenvalue weighted by atomic mass is 16.9. The molecule has 0 bridgehead atoms. The number of phenolic OH excluding ortho intramolecular Hbond substituents is 1. The summed E-state index contributed by atoms with van der Waals surface area (Å²) >= 11 is 0. The lowest BCUT2D eigenvalue weighted by atomic mass is 10.1. The summed E-state index contributed by atoms with van der Waals surface area (Å²) in [6.45, 7) is 0. The number of ether oxygens (including phenoxy) is 1. The number of hydrogen-bond acceptors (Lipinski definition) is 7. The third-order valence-electron chi connectivity index (χ3n) is 3.25. The summed E-state index contributed by atoms with van der Waals surface area (Å²) in [6, 6.07) is 9.03. The standard InChI is InChI=1S/C15H13N3O6/c1-22-11-5-3-2-4-8(11)14(20)16-17-15(21)9-6-12-13(7-10(9)19)24-18-23-12/h2-7,18-19H,1H3,(H,16,20)(H,17,21). The number of para-hydroxylation sites is 1. The van der Waals surface area contributed by atoms with E-state index < -0.39 is 11.8 Å². The number of hydrogen-bond donors (Lipinski definition) is 4. The van der Waals surface area contributed by atoms with Gasteiger partial charge in [-0.25, -0.2) is 0 Å². The summed E-state index contributed by atoms with van der Waals surface area (Å²) in [5, 5.41) is 9.85. The second-order valence-corrected chi connectivity index (χ2v) is 4.71. The summed E-state index contributed by atoms with van der Waals surface area (Å²) in [6.07, 6.45) is 0. The highest BCUT2D eigenvalue weighted by molar-refractivity contribution is 6.01. The Kier molecular flexibility index (Phi) is 4.08. The van der Waals surface area contributed by atoms with Crippen molar-refractivity contribution < 1.29 is 29.1 Å². The van der Waals surface area contributed by atoms with Gasteiger partial charge in [0, 0.05) is 17.8 Å². The number of carbonyl (C=O) groups excluding carboxylic acids is 2. The third kappa shape index (κ3) is 2.88. The van der Waals surface area contributed by atoms with Crippen molar-refractivity contribution in [2.45, 2.75) is 0 Å². The van der Waals surface area contributed by atoms with Crippen LogP contribution in [0.3, 0.4) is 0 Å². The topological polar surface area (TPSA) is 118 Å². The normalized spacial score (nSPS) is 11.7. The van der Waals surface area contributed by atoms with Gasteiger partial charge in [0.25, 0.3) is 11.8 Å². The summed E-state index contributed by atoms with van der Waals surface area (Å²) in [5.74, 6) is -0.792. The fourth-order valence-corrected chi connectivity index (χ4v) is 2.08. The fraction of sp³-hybridized carbons (Fsp3) is 0.0667. The van der Waals surface area contributed by atoms with E-state index in [9.17, 15) is 14.7 Å². The SMILES string of the molecule is COc1ccccc1C(=O)NNC(=O)c1cc2c(cc1O)ONO2. The van der Waals surface area contributed by atoms with Gasteiger partial charge < -0.3 is 19.5 Å². The Hall–Kier alpha value is -3.46. The molecule has 2 aromatic rings. The molecular formula is C15H13N3O6. The average molecular weight is 331 g/mol. The van der Waals surface area contributed by atoms with Gasteiger partial charge in [0.2, 0.25) is 0 Å². The number of carbonyl (C=O) groups is 2. The van der Waals surface area contributed by atoms with E-state index >= 15 is 0 Å². The number of fused-ring (bicyclic) bond motifs is 1. The van der Waals surface area contributed by atoms with E-state index in [4.69, 9.17) is 14.4 Å². The molecule has 124 valence electrons. The Morgan fingerprint density at radius 3 is 2.38 bits per heavy atom. The molecule has 0 fully saturated rings. The van der Waals surface area contributed by atoms with Crippen LogP contribution in [0.15, 0.2) is 36.4 Å². The summed E-state index contributed by atoms with van der Waals surface area (Å²) in [7, 11) is 1.43. The first-order valence-corrected chi connectivity index (χ1v) is 6.79. The Morgan fingerprint density at radius 2 is 1.67 bits per heavy atom. The molecule has 9 heteroatoms. The molecule has 1 aliphatic rings. The monoisotopic (exact) mass is 331 g/mol. The molecule has 0 radical (unpaired) electrons. The van der Waals surface area contributed by atoms with Gasteiger partial charge in [-0.15, -0.1) is 0 Å². The molecule has 24 heavy (non-hydrogen) atoms. The predicted octanol–water partition coefficient (Wildman–Crippen LogP) is 0.666. The molecule has 0 aromatic heterocycles. The molecular weight excluding hydrogens is 318 g/mol. The van der Waals surface area contributed by atoms with Gasteiger partial charge in [0.15, 0.2) is 11.5 Å². The first kappa shape index (κ1) is 15.4. The van der Waals surface area contributed by atoms with E-state index in [0.29, 0.717) is 5.75 Å². The Labute approximate surface area is 136 Å². The summed E-state index contributed by atoms with van der Waals surface area (Å²) in [4.78, 5) is 34.0. The molecule has 0 spiro atoms. The van der Waals surface area contributed by atoms with Crippen LogP contribution in [0.2, 0.25) is 0 Å². The fourth-order valence-electron chi connectivity index (χ4n) is 2.08. The smallest absolute Gasteiger partial charge is 0.273 e. The lowest BCUT2D eigenvalue weighted by molar-refractivity contribution is 0.0259. The number of amides is 2. The average Bonchev–Trinajstić information content (AvgIpc) is 3.05.